The Bertz CT molecular complexity index is 1090. The van der Waals surface area contributed by atoms with E-state index in [4.69, 9.17) is 4.74 Å². The first-order valence-corrected chi connectivity index (χ1v) is 13.9. The highest BCUT2D eigenvalue weighted by molar-refractivity contribution is 6.23. The fraction of sp³-hybridized carbons (Fsp3) is 0.533. The van der Waals surface area contributed by atoms with E-state index in [0.717, 1.165) is 70.3 Å². The van der Waals surface area contributed by atoms with Crippen molar-refractivity contribution < 1.29 is 29.6 Å². The zero-order valence-corrected chi connectivity index (χ0v) is 23.1. The normalized spacial score (nSPS) is 15.5. The monoisotopic (exact) mass is 541 g/mol. The average molecular weight is 542 g/mol. The molecule has 1 heterocycles. The number of imide groups is 1. The number of urea groups is 1. The van der Waals surface area contributed by atoms with E-state index in [1.807, 2.05) is 18.2 Å². The summed E-state index contributed by atoms with van der Waals surface area (Å²) in [6, 6.07) is 12.0. The van der Waals surface area contributed by atoms with Crippen LogP contribution in [0.25, 0.3) is 0 Å². The van der Waals surface area contributed by atoms with E-state index < -0.39 is 11.6 Å². The lowest BCUT2D eigenvalue weighted by molar-refractivity contribution is -0.121. The number of unbranched alkanes of at least 4 members (excludes halogenated alkanes) is 4. The molecule has 2 aromatic carbocycles. The van der Waals surface area contributed by atoms with Gasteiger partial charge in [0.15, 0.2) is 0 Å². The Morgan fingerprint density at radius 3 is 2.46 bits per heavy atom. The van der Waals surface area contributed by atoms with Crippen LogP contribution in [0, 0.1) is 0 Å². The van der Waals surface area contributed by atoms with E-state index in [1.165, 1.54) is 11.0 Å². The molecular formula is C30H43N3O6. The molecule has 5 N–H and O–H groups in total. The van der Waals surface area contributed by atoms with Gasteiger partial charge in [0, 0.05) is 25.3 Å². The quantitative estimate of drug-likeness (QED) is 0.151. The molecule has 39 heavy (non-hydrogen) atoms. The predicted octanol–water partition coefficient (Wildman–Crippen LogP) is 3.94. The van der Waals surface area contributed by atoms with Crippen LogP contribution in [0.2, 0.25) is 0 Å². The number of carbonyl (C=O) groups excluding carboxylic acids is 2. The van der Waals surface area contributed by atoms with Gasteiger partial charge < -0.3 is 30.7 Å². The third-order valence-corrected chi connectivity index (χ3v) is 6.92. The summed E-state index contributed by atoms with van der Waals surface area (Å²) in [5.41, 5.74) is 1.91. The number of aryl methyl sites for hydroxylation is 1. The van der Waals surface area contributed by atoms with Gasteiger partial charge in [0.25, 0.3) is 5.91 Å². The van der Waals surface area contributed by atoms with E-state index in [9.17, 15) is 24.9 Å². The van der Waals surface area contributed by atoms with Gasteiger partial charge in [-0.2, -0.15) is 0 Å². The first kappa shape index (κ1) is 30.6. The van der Waals surface area contributed by atoms with Crippen LogP contribution in [0.4, 0.5) is 10.5 Å². The molecule has 0 aliphatic carbocycles. The zero-order valence-electron chi connectivity index (χ0n) is 23.1. The molecule has 0 saturated carbocycles. The number of nitrogens with one attached hydrogen (secondary N) is 2. The van der Waals surface area contributed by atoms with E-state index in [-0.39, 0.29) is 24.3 Å². The Morgan fingerprint density at radius 1 is 1.00 bits per heavy atom. The highest BCUT2D eigenvalue weighted by Crippen LogP contribution is 2.26. The zero-order chi connectivity index (χ0) is 28.3. The van der Waals surface area contributed by atoms with Gasteiger partial charge in [-0.1, -0.05) is 31.0 Å². The molecule has 0 aromatic heterocycles. The van der Waals surface area contributed by atoms with Crippen LogP contribution in [0.3, 0.4) is 0 Å². The third kappa shape index (κ3) is 9.03. The molecule has 1 aliphatic rings. The molecule has 9 nitrogen and oxygen atoms in total. The average Bonchev–Trinajstić information content (AvgIpc) is 3.12. The van der Waals surface area contributed by atoms with Gasteiger partial charge in [0.2, 0.25) is 0 Å². The van der Waals surface area contributed by atoms with Crippen LogP contribution in [0.15, 0.2) is 42.5 Å². The summed E-state index contributed by atoms with van der Waals surface area (Å²) >= 11 is 0. The van der Waals surface area contributed by atoms with Crippen LogP contribution >= 0.6 is 0 Å². The van der Waals surface area contributed by atoms with Crippen molar-refractivity contribution in [2.75, 3.05) is 31.2 Å². The van der Waals surface area contributed by atoms with Crippen LogP contribution in [0.5, 0.6) is 5.75 Å². The smallest absolute Gasteiger partial charge is 0.329 e. The summed E-state index contributed by atoms with van der Waals surface area (Å²) in [4.78, 5) is 26.0. The predicted molar refractivity (Wildman–Crippen MR) is 151 cm³/mol. The summed E-state index contributed by atoms with van der Waals surface area (Å²) in [5, 5.41) is 35.1. The van der Waals surface area contributed by atoms with E-state index in [2.05, 4.69) is 10.6 Å². The minimum Gasteiger partial charge on any atom is -0.508 e. The molecule has 3 amide bonds. The second-order valence-corrected chi connectivity index (χ2v) is 10.6. The molecule has 0 radical (unpaired) electrons. The number of benzene rings is 2. The van der Waals surface area contributed by atoms with Crippen LogP contribution in [0.1, 0.15) is 75.2 Å². The Labute approximate surface area is 231 Å². The van der Waals surface area contributed by atoms with Gasteiger partial charge in [-0.3, -0.25) is 4.79 Å². The molecule has 0 spiro atoms. The van der Waals surface area contributed by atoms with Gasteiger partial charge in [-0.05, 0) is 87.9 Å². The second kappa shape index (κ2) is 15.0. The summed E-state index contributed by atoms with van der Waals surface area (Å²) in [5.74, 6) is -0.206. The molecule has 214 valence electrons. The summed E-state index contributed by atoms with van der Waals surface area (Å²) in [6.07, 6.45) is 6.32. The molecular weight excluding hydrogens is 498 g/mol. The van der Waals surface area contributed by atoms with E-state index in [0.29, 0.717) is 23.4 Å². The van der Waals surface area contributed by atoms with Gasteiger partial charge in [0.1, 0.15) is 11.3 Å². The summed E-state index contributed by atoms with van der Waals surface area (Å²) < 4.78 is 5.77. The van der Waals surface area contributed by atoms with E-state index in [1.54, 1.807) is 32.0 Å². The first-order valence-electron chi connectivity index (χ1n) is 13.9. The number of anilines is 1. The number of hydrogen-bond acceptors (Lipinski definition) is 7. The maximum Gasteiger partial charge on any atom is 0.329 e. The van der Waals surface area contributed by atoms with E-state index >= 15 is 0 Å². The molecule has 3 rings (SSSR count). The summed E-state index contributed by atoms with van der Waals surface area (Å²) in [7, 11) is 0. The maximum absolute atomic E-state index is 12.5. The Balaban J connectivity index is 1.19. The van der Waals surface area contributed by atoms with Crippen molar-refractivity contribution in [1.82, 2.24) is 10.6 Å². The van der Waals surface area contributed by atoms with Gasteiger partial charge >= 0.3 is 6.03 Å². The SMILES string of the molecule is CC1(C)NC(=O)N(c2cccc(CCCCOCCCCCCNC[C@@H](O)c3ccc(O)c(CO)c3)c2)C1=O. The Morgan fingerprint density at radius 2 is 1.74 bits per heavy atom. The number of aliphatic hydroxyl groups is 2. The lowest BCUT2D eigenvalue weighted by atomic mass is 10.1. The molecule has 0 unspecified atom stereocenters. The minimum atomic E-state index is -0.882. The van der Waals surface area contributed by atoms with Crippen molar-refractivity contribution in [3.63, 3.8) is 0 Å². The lowest BCUT2D eigenvalue weighted by Gasteiger charge is -2.16. The Kier molecular flexibility index (Phi) is 11.7. The fourth-order valence-electron chi connectivity index (χ4n) is 4.57. The van der Waals surface area contributed by atoms with Crippen molar-refractivity contribution in [1.29, 1.82) is 0 Å². The second-order valence-electron chi connectivity index (χ2n) is 10.6. The van der Waals surface area contributed by atoms with Crippen LogP contribution in [-0.4, -0.2) is 59.1 Å². The van der Waals surface area contributed by atoms with Crippen molar-refractivity contribution in [2.45, 2.75) is 77.0 Å². The lowest BCUT2D eigenvalue weighted by Crippen LogP contribution is -2.40. The van der Waals surface area contributed by atoms with Crippen LogP contribution < -0.4 is 15.5 Å². The number of aromatic hydroxyl groups is 1. The number of hydrogen-bond donors (Lipinski definition) is 5. The topological polar surface area (TPSA) is 131 Å². The highest BCUT2D eigenvalue weighted by atomic mass is 16.5. The fourth-order valence-corrected chi connectivity index (χ4v) is 4.57. The van der Waals surface area contributed by atoms with Crippen molar-refractivity contribution in [3.8, 4) is 5.75 Å². The third-order valence-electron chi connectivity index (χ3n) is 6.92. The van der Waals surface area contributed by atoms with Crippen molar-refractivity contribution >= 4 is 17.6 Å². The van der Waals surface area contributed by atoms with Gasteiger partial charge in [-0.15, -0.1) is 0 Å². The number of aliphatic hydroxyl groups excluding tert-OH is 2. The number of phenols is 1. The molecule has 2 aromatic rings. The number of nitrogens with zero attached hydrogens (tertiary/aromatic N) is 1. The maximum atomic E-state index is 12.5. The van der Waals surface area contributed by atoms with Crippen molar-refractivity contribution in [3.05, 3.63) is 59.2 Å². The van der Waals surface area contributed by atoms with Gasteiger partial charge in [-0.25, -0.2) is 9.69 Å². The minimum absolute atomic E-state index is 0.0331. The number of amides is 3. The molecule has 1 saturated heterocycles. The molecule has 1 fully saturated rings. The van der Waals surface area contributed by atoms with Crippen LogP contribution in [-0.2, 0) is 22.6 Å². The molecule has 0 bridgehead atoms. The highest BCUT2D eigenvalue weighted by Gasteiger charge is 2.45. The Hall–Kier alpha value is -2.98. The number of rotatable bonds is 17. The van der Waals surface area contributed by atoms with Crippen molar-refractivity contribution in [2.24, 2.45) is 0 Å². The first-order chi connectivity index (χ1) is 18.7. The summed E-state index contributed by atoms with van der Waals surface area (Å²) in [6.45, 7) is 5.86. The molecule has 1 aliphatic heterocycles. The molecule has 9 heteroatoms. The molecule has 1 atom stereocenters. The largest absolute Gasteiger partial charge is 0.508 e. The van der Waals surface area contributed by atoms with Gasteiger partial charge in [0.05, 0.1) is 18.4 Å². The standard InChI is InChI=1S/C30H43N3O6/c1-30(2)28(37)33(29(38)32-30)25-12-9-11-22(18-25)10-5-8-17-39-16-7-4-3-6-15-31-20-27(36)23-13-14-26(35)24(19-23)21-34/h9,11-14,18-19,27,31,34-36H,3-8,10,15-17,20-21H2,1-2H3,(H,32,38)/t27-/m1/s1. The number of ether oxygens (including phenoxy) is 1. The number of carbonyl (C=O) groups is 2.